The highest BCUT2D eigenvalue weighted by atomic mass is 16.5. The Morgan fingerprint density at radius 2 is 2.17 bits per heavy atom. The van der Waals surface area contributed by atoms with Gasteiger partial charge in [0.15, 0.2) is 0 Å². The SMILES string of the molecule is C[C@@H]1Cc2c(nn(C)c2C(=O)NCc2cccc(CO)n2)[C@H](C)O1. The van der Waals surface area contributed by atoms with Crippen LogP contribution in [0.2, 0.25) is 0 Å². The first-order valence-electron chi connectivity index (χ1n) is 8.04. The Morgan fingerprint density at radius 3 is 2.92 bits per heavy atom. The van der Waals surface area contributed by atoms with Crippen molar-refractivity contribution in [3.63, 3.8) is 0 Å². The minimum Gasteiger partial charge on any atom is -0.390 e. The predicted molar refractivity (Wildman–Crippen MR) is 87.2 cm³/mol. The average Bonchev–Trinajstić information content (AvgIpc) is 2.89. The summed E-state index contributed by atoms with van der Waals surface area (Å²) in [6.07, 6.45) is 0.625. The number of aliphatic hydroxyl groups excluding tert-OH is 1. The molecule has 7 heteroatoms. The van der Waals surface area contributed by atoms with Gasteiger partial charge in [0.05, 0.1) is 42.4 Å². The molecule has 0 bridgehead atoms. The van der Waals surface area contributed by atoms with Gasteiger partial charge < -0.3 is 15.2 Å². The zero-order chi connectivity index (χ0) is 17.3. The highest BCUT2D eigenvalue weighted by Gasteiger charge is 2.31. The number of nitrogens with one attached hydrogen (secondary N) is 1. The minimum atomic E-state index is -0.177. The van der Waals surface area contributed by atoms with Crippen molar-refractivity contribution in [2.24, 2.45) is 7.05 Å². The molecule has 0 fully saturated rings. The van der Waals surface area contributed by atoms with Crippen molar-refractivity contribution in [2.75, 3.05) is 0 Å². The molecule has 0 aromatic carbocycles. The Bertz CT molecular complexity index is 756. The fraction of sp³-hybridized carbons (Fsp3) is 0.471. The second kappa shape index (κ2) is 6.70. The van der Waals surface area contributed by atoms with Gasteiger partial charge in [0.1, 0.15) is 5.69 Å². The van der Waals surface area contributed by atoms with E-state index in [2.05, 4.69) is 15.4 Å². The van der Waals surface area contributed by atoms with Crippen molar-refractivity contribution in [1.29, 1.82) is 0 Å². The smallest absolute Gasteiger partial charge is 0.270 e. The van der Waals surface area contributed by atoms with E-state index in [1.54, 1.807) is 17.8 Å². The molecule has 0 saturated heterocycles. The van der Waals surface area contributed by atoms with Crippen molar-refractivity contribution >= 4 is 5.91 Å². The number of fused-ring (bicyclic) bond motifs is 1. The number of ether oxygens (including phenoxy) is 1. The van der Waals surface area contributed by atoms with Crippen molar-refractivity contribution in [3.05, 3.63) is 46.5 Å². The van der Waals surface area contributed by atoms with Crippen molar-refractivity contribution in [2.45, 2.75) is 45.6 Å². The molecule has 0 unspecified atom stereocenters. The summed E-state index contributed by atoms with van der Waals surface area (Å²) in [5.74, 6) is -0.177. The molecule has 0 aliphatic carbocycles. The molecule has 0 saturated carbocycles. The summed E-state index contributed by atoms with van der Waals surface area (Å²) in [5, 5.41) is 16.5. The number of hydrogen-bond donors (Lipinski definition) is 2. The van der Waals surface area contributed by atoms with Gasteiger partial charge in [-0.05, 0) is 26.0 Å². The highest BCUT2D eigenvalue weighted by molar-refractivity contribution is 5.94. The maximum absolute atomic E-state index is 12.6. The van der Waals surface area contributed by atoms with Gasteiger partial charge in [0, 0.05) is 19.0 Å². The second-order valence-electron chi connectivity index (χ2n) is 6.09. The molecule has 128 valence electrons. The molecule has 2 atom stereocenters. The lowest BCUT2D eigenvalue weighted by atomic mass is 9.99. The number of rotatable bonds is 4. The first-order valence-corrected chi connectivity index (χ1v) is 8.04. The standard InChI is InChI=1S/C17H22N4O3/c1-10-7-14-15(11(2)24-10)20-21(3)16(14)17(23)18-8-12-5-4-6-13(9-22)19-12/h4-6,10-11,22H,7-9H2,1-3H3,(H,18,23)/t10-,11+/m1/s1. The number of carbonyl (C=O) groups excluding carboxylic acids is 1. The Labute approximate surface area is 140 Å². The molecular weight excluding hydrogens is 308 g/mol. The van der Waals surface area contributed by atoms with Gasteiger partial charge in [-0.1, -0.05) is 6.07 Å². The van der Waals surface area contributed by atoms with E-state index < -0.39 is 0 Å². The molecule has 1 aliphatic heterocycles. The summed E-state index contributed by atoms with van der Waals surface area (Å²) < 4.78 is 7.39. The fourth-order valence-electron chi connectivity index (χ4n) is 3.12. The van der Waals surface area contributed by atoms with Gasteiger partial charge in [-0.2, -0.15) is 5.10 Å². The van der Waals surface area contributed by atoms with Crippen molar-refractivity contribution in [3.8, 4) is 0 Å². The molecule has 7 nitrogen and oxygen atoms in total. The van der Waals surface area contributed by atoms with Gasteiger partial charge >= 0.3 is 0 Å². The van der Waals surface area contributed by atoms with Gasteiger partial charge in [-0.25, -0.2) is 0 Å². The molecule has 2 aromatic heterocycles. The molecular formula is C17H22N4O3. The van der Waals surface area contributed by atoms with E-state index in [-0.39, 0.29) is 24.7 Å². The van der Waals surface area contributed by atoms with Crippen LogP contribution in [0.15, 0.2) is 18.2 Å². The average molecular weight is 330 g/mol. The third kappa shape index (κ3) is 3.18. The number of amides is 1. The molecule has 1 aliphatic rings. The molecule has 24 heavy (non-hydrogen) atoms. The molecule has 1 amide bonds. The zero-order valence-corrected chi connectivity index (χ0v) is 14.1. The number of hydrogen-bond acceptors (Lipinski definition) is 5. The normalized spacial score (nSPS) is 19.8. The van der Waals surface area contributed by atoms with E-state index in [1.807, 2.05) is 26.0 Å². The van der Waals surface area contributed by atoms with Crippen LogP contribution < -0.4 is 5.32 Å². The van der Waals surface area contributed by atoms with Crippen LogP contribution in [0.3, 0.4) is 0 Å². The summed E-state index contributed by atoms with van der Waals surface area (Å²) in [5.41, 5.74) is 3.65. The Kier molecular flexibility index (Phi) is 4.64. The van der Waals surface area contributed by atoms with E-state index in [0.29, 0.717) is 30.0 Å². The number of aliphatic hydroxyl groups is 1. The van der Waals surface area contributed by atoms with Crippen molar-refractivity contribution < 1.29 is 14.6 Å². The third-order valence-electron chi connectivity index (χ3n) is 4.16. The molecule has 0 spiro atoms. The molecule has 2 aromatic rings. The van der Waals surface area contributed by atoms with Crippen LogP contribution in [0.1, 0.15) is 53.1 Å². The summed E-state index contributed by atoms with van der Waals surface area (Å²) in [4.78, 5) is 16.9. The lowest BCUT2D eigenvalue weighted by molar-refractivity contribution is -0.00710. The summed E-state index contributed by atoms with van der Waals surface area (Å²) in [6.45, 7) is 4.13. The van der Waals surface area contributed by atoms with Crippen LogP contribution >= 0.6 is 0 Å². The molecule has 3 rings (SSSR count). The summed E-state index contributed by atoms with van der Waals surface area (Å²) >= 11 is 0. The van der Waals surface area contributed by atoms with E-state index in [9.17, 15) is 4.79 Å². The number of nitrogens with zero attached hydrogens (tertiary/aromatic N) is 3. The predicted octanol–water partition coefficient (Wildman–Crippen LogP) is 1.26. The Morgan fingerprint density at radius 1 is 1.42 bits per heavy atom. The molecule has 0 radical (unpaired) electrons. The first-order chi connectivity index (χ1) is 11.5. The van der Waals surface area contributed by atoms with E-state index in [4.69, 9.17) is 9.84 Å². The maximum atomic E-state index is 12.6. The van der Waals surface area contributed by atoms with Gasteiger partial charge in [-0.3, -0.25) is 14.5 Å². The maximum Gasteiger partial charge on any atom is 0.270 e. The number of aryl methyl sites for hydroxylation is 1. The summed E-state index contributed by atoms with van der Waals surface area (Å²) in [7, 11) is 1.77. The number of carbonyl (C=O) groups is 1. The van der Waals surface area contributed by atoms with Crippen LogP contribution in [0.4, 0.5) is 0 Å². The highest BCUT2D eigenvalue weighted by Crippen LogP contribution is 2.31. The van der Waals surface area contributed by atoms with Crippen LogP contribution in [-0.4, -0.2) is 31.9 Å². The van der Waals surface area contributed by atoms with Crippen LogP contribution in [-0.2, 0) is 31.4 Å². The van der Waals surface area contributed by atoms with Crippen LogP contribution in [0, 0.1) is 0 Å². The number of aromatic nitrogens is 3. The van der Waals surface area contributed by atoms with E-state index in [0.717, 1.165) is 11.3 Å². The minimum absolute atomic E-state index is 0.0613. The van der Waals surface area contributed by atoms with E-state index in [1.165, 1.54) is 0 Å². The second-order valence-corrected chi connectivity index (χ2v) is 6.09. The Balaban J connectivity index is 1.78. The topological polar surface area (TPSA) is 89.3 Å². The van der Waals surface area contributed by atoms with E-state index >= 15 is 0 Å². The lowest BCUT2D eigenvalue weighted by Gasteiger charge is -2.24. The largest absolute Gasteiger partial charge is 0.390 e. The zero-order valence-electron chi connectivity index (χ0n) is 14.1. The number of pyridine rings is 1. The first kappa shape index (κ1) is 16.6. The Hall–Kier alpha value is -2.25. The fourth-order valence-corrected chi connectivity index (χ4v) is 3.12. The van der Waals surface area contributed by atoms with Gasteiger partial charge in [-0.15, -0.1) is 0 Å². The van der Waals surface area contributed by atoms with Crippen molar-refractivity contribution in [1.82, 2.24) is 20.1 Å². The molecule has 3 heterocycles. The van der Waals surface area contributed by atoms with Gasteiger partial charge in [0.2, 0.25) is 0 Å². The third-order valence-corrected chi connectivity index (χ3v) is 4.16. The van der Waals surface area contributed by atoms with Crippen LogP contribution in [0.5, 0.6) is 0 Å². The van der Waals surface area contributed by atoms with Gasteiger partial charge in [0.25, 0.3) is 5.91 Å². The monoisotopic (exact) mass is 330 g/mol. The quantitative estimate of drug-likeness (QED) is 0.881. The van der Waals surface area contributed by atoms with Crippen LogP contribution in [0.25, 0.3) is 0 Å². The molecule has 2 N–H and O–H groups in total. The lowest BCUT2D eigenvalue weighted by Crippen LogP contribution is -2.28. The summed E-state index contributed by atoms with van der Waals surface area (Å²) in [6, 6.07) is 5.37.